The molecule has 1 atom stereocenters. The Morgan fingerprint density at radius 1 is 1.05 bits per heavy atom. The van der Waals surface area contributed by atoms with Crippen LogP contribution in [0.15, 0.2) is 54.6 Å². The van der Waals surface area contributed by atoms with E-state index in [1.165, 1.54) is 29.2 Å². The zero-order valence-electron chi connectivity index (χ0n) is 20.4. The van der Waals surface area contributed by atoms with Crippen LogP contribution >= 0.6 is 0 Å². The Morgan fingerprint density at radius 2 is 1.84 bits per heavy atom. The van der Waals surface area contributed by atoms with E-state index in [1.807, 2.05) is 0 Å². The number of amides is 1. The first-order chi connectivity index (χ1) is 17.9. The van der Waals surface area contributed by atoms with Crippen LogP contribution in [-0.2, 0) is 27.4 Å². The van der Waals surface area contributed by atoms with Gasteiger partial charge in [-0.1, -0.05) is 18.2 Å². The Hall–Kier alpha value is -3.57. The van der Waals surface area contributed by atoms with Crippen LogP contribution in [0.2, 0.25) is 0 Å². The molecule has 5 rings (SSSR count). The van der Waals surface area contributed by atoms with Crippen LogP contribution in [0.3, 0.4) is 0 Å². The number of nitrogens with one attached hydrogen (secondary N) is 1. The number of benzene rings is 3. The van der Waals surface area contributed by atoms with Crippen molar-refractivity contribution in [1.29, 1.82) is 0 Å². The number of hydrogen-bond donors (Lipinski definition) is 2. The van der Waals surface area contributed by atoms with Gasteiger partial charge < -0.3 is 14.7 Å². The molecule has 200 valence electrons. The fourth-order valence-electron chi connectivity index (χ4n) is 4.90. The van der Waals surface area contributed by atoms with Gasteiger partial charge in [-0.15, -0.1) is 0 Å². The minimum Gasteiger partial charge on any atom is -0.506 e. The molecule has 2 aliphatic heterocycles. The van der Waals surface area contributed by atoms with E-state index in [9.17, 15) is 31.5 Å². The maximum atomic E-state index is 13.7. The number of phenolic OH excluding ortho intramolecular Hbond substituents is 1. The molecule has 0 aliphatic carbocycles. The third-order valence-electron chi connectivity index (χ3n) is 6.79. The topological polar surface area (TPSA) is 95.9 Å². The van der Waals surface area contributed by atoms with E-state index in [0.29, 0.717) is 59.6 Å². The molecule has 1 fully saturated rings. The van der Waals surface area contributed by atoms with E-state index in [-0.39, 0.29) is 29.8 Å². The van der Waals surface area contributed by atoms with Gasteiger partial charge in [0.25, 0.3) is 5.91 Å². The number of sulfonamides is 1. The van der Waals surface area contributed by atoms with Crippen molar-refractivity contribution < 1.29 is 36.2 Å². The van der Waals surface area contributed by atoms with Crippen molar-refractivity contribution in [3.63, 3.8) is 0 Å². The maximum absolute atomic E-state index is 13.7. The molecule has 2 aliphatic rings. The summed E-state index contributed by atoms with van der Waals surface area (Å²) in [6.07, 6.45) is -2.45. The van der Waals surface area contributed by atoms with Crippen LogP contribution in [0.4, 0.5) is 24.5 Å². The van der Waals surface area contributed by atoms with Crippen LogP contribution in [0.25, 0.3) is 11.1 Å². The van der Waals surface area contributed by atoms with E-state index in [2.05, 4.69) is 4.72 Å². The normalized spacial score (nSPS) is 17.9. The number of aromatic hydroxyl groups is 1. The highest BCUT2D eigenvalue weighted by atomic mass is 32.2. The second-order valence-electron chi connectivity index (χ2n) is 9.56. The first kappa shape index (κ1) is 26.1. The van der Waals surface area contributed by atoms with Gasteiger partial charge in [0.1, 0.15) is 5.75 Å². The van der Waals surface area contributed by atoms with Crippen molar-refractivity contribution >= 4 is 27.3 Å². The van der Waals surface area contributed by atoms with Gasteiger partial charge in [0.2, 0.25) is 10.0 Å². The van der Waals surface area contributed by atoms with E-state index in [0.717, 1.165) is 12.3 Å². The Kier molecular flexibility index (Phi) is 6.60. The van der Waals surface area contributed by atoms with E-state index >= 15 is 0 Å². The highest BCUT2D eigenvalue weighted by Crippen LogP contribution is 2.38. The summed E-state index contributed by atoms with van der Waals surface area (Å²) in [6.45, 7) is 1.17. The molecule has 11 heteroatoms. The third kappa shape index (κ3) is 5.34. The second-order valence-corrected chi connectivity index (χ2v) is 11.3. The summed E-state index contributed by atoms with van der Waals surface area (Å²) in [5.74, 6) is -0.712. The van der Waals surface area contributed by atoms with Gasteiger partial charge in [-0.2, -0.15) is 13.2 Å². The average Bonchev–Trinajstić information content (AvgIpc) is 3.39. The molecule has 38 heavy (non-hydrogen) atoms. The summed E-state index contributed by atoms with van der Waals surface area (Å²) in [5.41, 5.74) is 2.33. The van der Waals surface area contributed by atoms with E-state index in [1.54, 1.807) is 24.3 Å². The fourth-order valence-corrected chi connectivity index (χ4v) is 5.47. The number of hydrogen-bond acceptors (Lipinski definition) is 5. The van der Waals surface area contributed by atoms with Crippen molar-refractivity contribution in [3.8, 4) is 16.9 Å². The summed E-state index contributed by atoms with van der Waals surface area (Å²) in [7, 11) is -3.65. The van der Waals surface area contributed by atoms with Gasteiger partial charge in [-0.05, 0) is 71.5 Å². The number of ether oxygens (including phenoxy) is 1. The Balaban J connectivity index is 1.47. The first-order valence-corrected chi connectivity index (χ1v) is 13.8. The summed E-state index contributed by atoms with van der Waals surface area (Å²) >= 11 is 0. The smallest absolute Gasteiger partial charge is 0.416 e. The molecule has 1 unspecified atom stereocenters. The molecule has 0 aromatic heterocycles. The van der Waals surface area contributed by atoms with Gasteiger partial charge in [-0.3, -0.25) is 9.52 Å². The molecular weight excluding hydrogens is 521 g/mol. The molecular formula is C27H25F3N2O5S. The van der Waals surface area contributed by atoms with E-state index in [4.69, 9.17) is 4.74 Å². The Labute approximate surface area is 217 Å². The lowest BCUT2D eigenvalue weighted by Crippen LogP contribution is -2.37. The summed E-state index contributed by atoms with van der Waals surface area (Å²) in [6, 6.07) is 13.3. The molecule has 0 bridgehead atoms. The van der Waals surface area contributed by atoms with Gasteiger partial charge in [0.05, 0.1) is 24.1 Å². The first-order valence-electron chi connectivity index (χ1n) is 11.9. The molecule has 3 aromatic carbocycles. The zero-order chi connectivity index (χ0) is 27.2. The lowest BCUT2D eigenvalue weighted by Gasteiger charge is -2.29. The monoisotopic (exact) mass is 546 g/mol. The van der Waals surface area contributed by atoms with E-state index < -0.39 is 21.8 Å². The minimum absolute atomic E-state index is 0.0491. The number of halogens is 3. The number of fused-ring (bicyclic) bond motifs is 1. The minimum atomic E-state index is -4.50. The lowest BCUT2D eigenvalue weighted by atomic mass is 9.89. The van der Waals surface area contributed by atoms with Gasteiger partial charge in [-0.25, -0.2) is 8.42 Å². The molecule has 0 radical (unpaired) electrons. The van der Waals surface area contributed by atoms with Crippen molar-refractivity contribution in [1.82, 2.24) is 0 Å². The summed E-state index contributed by atoms with van der Waals surface area (Å²) in [4.78, 5) is 14.8. The molecule has 3 aromatic rings. The molecule has 0 saturated carbocycles. The zero-order valence-corrected chi connectivity index (χ0v) is 21.2. The predicted molar refractivity (Wildman–Crippen MR) is 137 cm³/mol. The van der Waals surface area contributed by atoms with Crippen molar-refractivity contribution in [2.45, 2.75) is 24.9 Å². The molecule has 1 saturated heterocycles. The number of phenols is 1. The second kappa shape index (κ2) is 9.63. The molecule has 2 heterocycles. The molecule has 7 nitrogen and oxygen atoms in total. The SMILES string of the molecule is CS(=O)(=O)Nc1cc(N2CCc3cc(-c4cc(C5CCOC5)cc(C(F)(F)F)c4)ccc3C2=O)ccc1O. The maximum Gasteiger partial charge on any atom is 0.416 e. The third-order valence-corrected chi connectivity index (χ3v) is 7.38. The number of alkyl halides is 3. The summed E-state index contributed by atoms with van der Waals surface area (Å²) < 4.78 is 71.9. The largest absolute Gasteiger partial charge is 0.506 e. The molecule has 2 N–H and O–H groups in total. The van der Waals surface area contributed by atoms with Gasteiger partial charge >= 0.3 is 6.18 Å². The fraction of sp³-hybridized carbons (Fsp3) is 0.296. The standard InChI is InChI=1S/C27H25F3N2O5S/c1-38(35,36)31-24-14-22(3-5-25(24)33)32-8-6-17-10-16(2-4-23(17)26(32)34)19-11-20(18-7-9-37-15-18)13-21(12-19)27(28,29)30/h2-5,10-14,18,31,33H,6-9,15H2,1H3. The highest BCUT2D eigenvalue weighted by molar-refractivity contribution is 7.92. The number of rotatable bonds is 5. The number of carbonyl (C=O) groups is 1. The van der Waals surface area contributed by atoms with Crippen LogP contribution in [0.1, 0.15) is 39.4 Å². The average molecular weight is 547 g/mol. The highest BCUT2D eigenvalue weighted by Gasteiger charge is 2.33. The van der Waals surface area contributed by atoms with Crippen LogP contribution in [0.5, 0.6) is 5.75 Å². The van der Waals surface area contributed by atoms with Crippen molar-refractivity contribution in [2.75, 3.05) is 35.6 Å². The predicted octanol–water partition coefficient (Wildman–Crippen LogP) is 5.16. The molecule has 0 spiro atoms. The van der Waals surface area contributed by atoms with Crippen LogP contribution in [-0.4, -0.2) is 45.4 Å². The van der Waals surface area contributed by atoms with Crippen molar-refractivity contribution in [3.05, 3.63) is 76.9 Å². The van der Waals surface area contributed by atoms with Gasteiger partial charge in [0.15, 0.2) is 0 Å². The summed E-state index contributed by atoms with van der Waals surface area (Å²) in [5, 5.41) is 10.0. The van der Waals surface area contributed by atoms with Gasteiger partial charge in [0, 0.05) is 30.3 Å². The molecule has 1 amide bonds. The number of nitrogens with zero attached hydrogens (tertiary/aromatic N) is 1. The number of anilines is 2. The Bertz CT molecular complexity index is 1520. The number of carbonyl (C=O) groups excluding carboxylic acids is 1. The Morgan fingerprint density at radius 3 is 2.53 bits per heavy atom. The quantitative estimate of drug-likeness (QED) is 0.432. The van der Waals surface area contributed by atoms with Crippen molar-refractivity contribution in [2.24, 2.45) is 0 Å². The lowest BCUT2D eigenvalue weighted by molar-refractivity contribution is -0.137. The van der Waals surface area contributed by atoms with Crippen LogP contribution < -0.4 is 9.62 Å². The van der Waals surface area contributed by atoms with Crippen LogP contribution in [0, 0.1) is 0 Å².